The van der Waals surface area contributed by atoms with Crippen molar-refractivity contribution in [3.63, 3.8) is 0 Å². The number of amides is 1. The normalized spacial score (nSPS) is 20.0. The van der Waals surface area contributed by atoms with Crippen LogP contribution >= 0.6 is 11.6 Å². The van der Waals surface area contributed by atoms with E-state index in [1.807, 2.05) is 18.2 Å². The molecule has 1 aliphatic rings. The first-order valence-corrected chi connectivity index (χ1v) is 9.16. The second-order valence-electron chi connectivity index (χ2n) is 6.62. The summed E-state index contributed by atoms with van der Waals surface area (Å²) in [5.41, 5.74) is 0.180. The summed E-state index contributed by atoms with van der Waals surface area (Å²) in [5, 5.41) is 0.626. The molecule has 6 heteroatoms. The Kier molecular flexibility index (Phi) is 5.67. The number of piperidine rings is 1. The SMILES string of the molecule is CCOC(=O)[C@@]1(Cc2cccc(Cl)c2)CCCN(C(=O)c2ccco2)C1. The van der Waals surface area contributed by atoms with Gasteiger partial charge in [0.1, 0.15) is 0 Å². The van der Waals surface area contributed by atoms with E-state index in [4.69, 9.17) is 20.8 Å². The average Bonchev–Trinajstić information content (AvgIpc) is 3.16. The number of hydrogen-bond donors (Lipinski definition) is 0. The molecular formula is C20H22ClNO4. The lowest BCUT2D eigenvalue weighted by Gasteiger charge is -2.40. The average molecular weight is 376 g/mol. The minimum absolute atomic E-state index is 0.200. The highest BCUT2D eigenvalue weighted by molar-refractivity contribution is 6.30. The van der Waals surface area contributed by atoms with Gasteiger partial charge in [-0.15, -0.1) is 0 Å². The lowest BCUT2D eigenvalue weighted by atomic mass is 9.75. The third-order valence-electron chi connectivity index (χ3n) is 4.74. The van der Waals surface area contributed by atoms with Gasteiger partial charge >= 0.3 is 5.97 Å². The van der Waals surface area contributed by atoms with E-state index in [0.29, 0.717) is 37.6 Å². The lowest BCUT2D eigenvalue weighted by molar-refractivity contribution is -0.158. The van der Waals surface area contributed by atoms with Crippen LogP contribution in [0.3, 0.4) is 0 Å². The van der Waals surface area contributed by atoms with Gasteiger partial charge in [-0.2, -0.15) is 0 Å². The van der Waals surface area contributed by atoms with Gasteiger partial charge in [-0.25, -0.2) is 0 Å². The summed E-state index contributed by atoms with van der Waals surface area (Å²) >= 11 is 6.10. The molecule has 2 aromatic rings. The number of rotatable bonds is 5. The van der Waals surface area contributed by atoms with Gasteiger partial charge in [0.25, 0.3) is 5.91 Å². The summed E-state index contributed by atoms with van der Waals surface area (Å²) < 4.78 is 10.6. The number of halogens is 1. The molecule has 0 aliphatic carbocycles. The minimum atomic E-state index is -0.777. The number of esters is 1. The van der Waals surface area contributed by atoms with Crippen molar-refractivity contribution in [1.82, 2.24) is 4.90 Å². The van der Waals surface area contributed by atoms with E-state index < -0.39 is 5.41 Å². The van der Waals surface area contributed by atoms with E-state index in [1.165, 1.54) is 6.26 Å². The molecule has 0 radical (unpaired) electrons. The second-order valence-corrected chi connectivity index (χ2v) is 7.05. The monoisotopic (exact) mass is 375 g/mol. The fraction of sp³-hybridized carbons (Fsp3) is 0.400. The van der Waals surface area contributed by atoms with Crippen LogP contribution in [0.15, 0.2) is 47.1 Å². The standard InChI is InChI=1S/C20H22ClNO4/c1-2-25-19(24)20(13-15-6-3-7-16(21)12-15)9-5-10-22(14-20)18(23)17-8-4-11-26-17/h3-4,6-8,11-12H,2,5,9-10,13-14H2,1H3/t20-/m1/s1. The summed E-state index contributed by atoms with van der Waals surface area (Å²) in [6, 6.07) is 10.8. The largest absolute Gasteiger partial charge is 0.466 e. The molecular weight excluding hydrogens is 354 g/mol. The van der Waals surface area contributed by atoms with Gasteiger partial charge in [0.15, 0.2) is 5.76 Å². The number of furan rings is 1. The number of carbonyl (C=O) groups excluding carboxylic acids is 2. The predicted octanol–water partition coefficient (Wildman–Crippen LogP) is 3.96. The van der Waals surface area contributed by atoms with Gasteiger partial charge in [-0.05, 0) is 56.0 Å². The van der Waals surface area contributed by atoms with Crippen molar-refractivity contribution in [2.24, 2.45) is 5.41 Å². The zero-order valence-electron chi connectivity index (χ0n) is 14.7. The molecule has 3 rings (SSSR count). The van der Waals surface area contributed by atoms with E-state index in [-0.39, 0.29) is 17.6 Å². The fourth-order valence-corrected chi connectivity index (χ4v) is 3.78. The highest BCUT2D eigenvalue weighted by Gasteiger charge is 2.45. The van der Waals surface area contributed by atoms with Crippen LogP contribution < -0.4 is 0 Å². The van der Waals surface area contributed by atoms with Crippen LogP contribution in [0.1, 0.15) is 35.9 Å². The molecule has 1 fully saturated rings. The number of ether oxygens (including phenoxy) is 1. The second kappa shape index (κ2) is 7.96. The third kappa shape index (κ3) is 3.93. The molecule has 1 amide bonds. The first kappa shape index (κ1) is 18.5. The molecule has 0 N–H and O–H groups in total. The van der Waals surface area contributed by atoms with E-state index >= 15 is 0 Å². The summed E-state index contributed by atoms with van der Waals surface area (Å²) in [7, 11) is 0. The molecule has 5 nitrogen and oxygen atoms in total. The maximum Gasteiger partial charge on any atom is 0.314 e. The van der Waals surface area contributed by atoms with Crippen LogP contribution in [0, 0.1) is 5.41 Å². The topological polar surface area (TPSA) is 59.8 Å². The molecule has 0 unspecified atom stereocenters. The molecule has 0 bridgehead atoms. The molecule has 0 saturated carbocycles. The Morgan fingerprint density at radius 3 is 2.85 bits per heavy atom. The first-order chi connectivity index (χ1) is 12.5. The predicted molar refractivity (Wildman–Crippen MR) is 98.1 cm³/mol. The first-order valence-electron chi connectivity index (χ1n) is 8.78. The van der Waals surface area contributed by atoms with Gasteiger partial charge < -0.3 is 14.1 Å². The van der Waals surface area contributed by atoms with Crippen LogP contribution in [-0.2, 0) is 16.0 Å². The Morgan fingerprint density at radius 1 is 1.31 bits per heavy atom. The summed E-state index contributed by atoms with van der Waals surface area (Å²) in [5.74, 6) is -0.182. The van der Waals surface area contributed by atoms with Crippen molar-refractivity contribution in [2.45, 2.75) is 26.2 Å². The van der Waals surface area contributed by atoms with Crippen LogP contribution in [0.5, 0.6) is 0 Å². The Balaban J connectivity index is 1.87. The van der Waals surface area contributed by atoms with E-state index in [0.717, 1.165) is 12.0 Å². The number of likely N-dealkylation sites (tertiary alicyclic amines) is 1. The van der Waals surface area contributed by atoms with Crippen molar-refractivity contribution in [3.05, 3.63) is 59.0 Å². The highest BCUT2D eigenvalue weighted by atomic mass is 35.5. The van der Waals surface area contributed by atoms with Crippen molar-refractivity contribution in [3.8, 4) is 0 Å². The summed E-state index contributed by atoms with van der Waals surface area (Å²) in [4.78, 5) is 27.2. The van der Waals surface area contributed by atoms with Crippen molar-refractivity contribution < 1.29 is 18.7 Å². The summed E-state index contributed by atoms with van der Waals surface area (Å²) in [6.07, 6.45) is 3.35. The molecule has 2 heterocycles. The van der Waals surface area contributed by atoms with Gasteiger partial charge in [0, 0.05) is 18.1 Å². The molecule has 138 valence electrons. The Bertz CT molecular complexity index is 774. The number of carbonyl (C=O) groups is 2. The van der Waals surface area contributed by atoms with Crippen LogP contribution in [0.2, 0.25) is 5.02 Å². The van der Waals surface area contributed by atoms with E-state index in [1.54, 1.807) is 30.0 Å². The third-order valence-corrected chi connectivity index (χ3v) is 4.97. The van der Waals surface area contributed by atoms with Crippen molar-refractivity contribution in [1.29, 1.82) is 0 Å². The molecule has 1 atom stereocenters. The van der Waals surface area contributed by atoms with Gasteiger partial charge in [-0.1, -0.05) is 23.7 Å². The zero-order valence-corrected chi connectivity index (χ0v) is 15.5. The highest BCUT2D eigenvalue weighted by Crippen LogP contribution is 2.36. The fourth-order valence-electron chi connectivity index (χ4n) is 3.57. The lowest BCUT2D eigenvalue weighted by Crippen LogP contribution is -2.51. The molecule has 1 aromatic heterocycles. The number of nitrogens with zero attached hydrogens (tertiary/aromatic N) is 1. The van der Waals surface area contributed by atoms with E-state index in [2.05, 4.69) is 0 Å². The number of benzene rings is 1. The van der Waals surface area contributed by atoms with Crippen LogP contribution in [0.25, 0.3) is 0 Å². The van der Waals surface area contributed by atoms with Gasteiger partial charge in [0.2, 0.25) is 0 Å². The Labute approximate surface area is 157 Å². The van der Waals surface area contributed by atoms with Crippen molar-refractivity contribution in [2.75, 3.05) is 19.7 Å². The number of hydrogen-bond acceptors (Lipinski definition) is 4. The van der Waals surface area contributed by atoms with E-state index in [9.17, 15) is 9.59 Å². The quantitative estimate of drug-likeness (QED) is 0.742. The molecule has 0 spiro atoms. The Morgan fingerprint density at radius 2 is 2.15 bits per heavy atom. The van der Waals surface area contributed by atoms with Crippen molar-refractivity contribution >= 4 is 23.5 Å². The summed E-state index contributed by atoms with van der Waals surface area (Å²) in [6.45, 7) is 3.00. The molecule has 1 aliphatic heterocycles. The zero-order chi connectivity index (χ0) is 18.6. The van der Waals surface area contributed by atoms with Gasteiger partial charge in [-0.3, -0.25) is 9.59 Å². The smallest absolute Gasteiger partial charge is 0.314 e. The maximum absolute atomic E-state index is 12.8. The molecule has 26 heavy (non-hydrogen) atoms. The minimum Gasteiger partial charge on any atom is -0.466 e. The van der Waals surface area contributed by atoms with Crippen LogP contribution in [-0.4, -0.2) is 36.5 Å². The molecule has 1 aromatic carbocycles. The Hall–Kier alpha value is -2.27. The molecule has 1 saturated heterocycles. The maximum atomic E-state index is 12.8. The van der Waals surface area contributed by atoms with Crippen LogP contribution in [0.4, 0.5) is 0 Å². The van der Waals surface area contributed by atoms with Gasteiger partial charge in [0.05, 0.1) is 18.3 Å².